The van der Waals surface area contributed by atoms with Crippen molar-refractivity contribution >= 4 is 45.2 Å². The van der Waals surface area contributed by atoms with Gasteiger partial charge >= 0.3 is 0 Å². The first-order valence-electron chi connectivity index (χ1n) is 8.51. The van der Waals surface area contributed by atoms with Gasteiger partial charge < -0.3 is 10.6 Å². The number of carbonyl (C=O) groups excluding carboxylic acids is 2. The largest absolute Gasteiger partial charge is 0.350 e. The SMILES string of the molecule is CC[C@@H](C)NC(=O)c1ccccc1NC(=O)CSCc1ccc(Br)cc1. The molecule has 0 spiro atoms. The lowest BCUT2D eigenvalue weighted by Crippen LogP contribution is -2.32. The Hall–Kier alpha value is -1.79. The Labute approximate surface area is 167 Å². The molecule has 0 saturated carbocycles. The molecule has 26 heavy (non-hydrogen) atoms. The van der Waals surface area contributed by atoms with E-state index in [0.717, 1.165) is 16.6 Å². The van der Waals surface area contributed by atoms with Gasteiger partial charge in [0.05, 0.1) is 17.0 Å². The zero-order valence-electron chi connectivity index (χ0n) is 14.9. The number of anilines is 1. The number of amides is 2. The van der Waals surface area contributed by atoms with Gasteiger partial charge in [-0.05, 0) is 43.2 Å². The van der Waals surface area contributed by atoms with Crippen LogP contribution < -0.4 is 10.6 Å². The van der Waals surface area contributed by atoms with Crippen LogP contribution in [-0.4, -0.2) is 23.6 Å². The average Bonchev–Trinajstić information content (AvgIpc) is 2.63. The van der Waals surface area contributed by atoms with Crippen molar-refractivity contribution in [1.82, 2.24) is 5.32 Å². The summed E-state index contributed by atoms with van der Waals surface area (Å²) >= 11 is 4.95. The second kappa shape index (κ2) is 10.4. The first kappa shape index (κ1) is 20.5. The van der Waals surface area contributed by atoms with Gasteiger partial charge in [0.2, 0.25) is 5.91 Å². The Morgan fingerprint density at radius 3 is 2.50 bits per heavy atom. The van der Waals surface area contributed by atoms with Gasteiger partial charge in [-0.1, -0.05) is 47.1 Å². The van der Waals surface area contributed by atoms with Crippen LogP contribution in [0, 0.1) is 0 Å². The second-order valence-electron chi connectivity index (χ2n) is 6.00. The fraction of sp³-hybridized carbons (Fsp3) is 0.300. The summed E-state index contributed by atoms with van der Waals surface area (Å²) < 4.78 is 1.04. The summed E-state index contributed by atoms with van der Waals surface area (Å²) in [6.07, 6.45) is 0.854. The number of hydrogen-bond acceptors (Lipinski definition) is 3. The van der Waals surface area contributed by atoms with Crippen LogP contribution in [0.1, 0.15) is 36.2 Å². The predicted molar refractivity (Wildman–Crippen MR) is 113 cm³/mol. The van der Waals surface area contributed by atoms with Gasteiger partial charge in [0.15, 0.2) is 0 Å². The Balaban J connectivity index is 1.90. The van der Waals surface area contributed by atoms with Crippen molar-refractivity contribution in [3.8, 4) is 0 Å². The van der Waals surface area contributed by atoms with E-state index in [1.165, 1.54) is 5.56 Å². The predicted octanol–water partition coefficient (Wildman–Crippen LogP) is 4.85. The van der Waals surface area contributed by atoms with Crippen molar-refractivity contribution in [2.75, 3.05) is 11.1 Å². The van der Waals surface area contributed by atoms with E-state index in [9.17, 15) is 9.59 Å². The molecule has 138 valence electrons. The zero-order chi connectivity index (χ0) is 18.9. The first-order chi connectivity index (χ1) is 12.5. The summed E-state index contributed by atoms with van der Waals surface area (Å²) in [5.41, 5.74) is 2.20. The molecule has 2 aromatic carbocycles. The maximum absolute atomic E-state index is 12.4. The molecule has 0 bridgehead atoms. The summed E-state index contributed by atoms with van der Waals surface area (Å²) in [5.74, 6) is 0.808. The van der Waals surface area contributed by atoms with Crippen LogP contribution in [0.2, 0.25) is 0 Å². The monoisotopic (exact) mass is 434 g/mol. The number of benzene rings is 2. The van der Waals surface area contributed by atoms with Crippen LogP contribution >= 0.6 is 27.7 Å². The van der Waals surface area contributed by atoms with Crippen molar-refractivity contribution in [2.24, 2.45) is 0 Å². The summed E-state index contributed by atoms with van der Waals surface area (Å²) in [6.45, 7) is 3.97. The summed E-state index contributed by atoms with van der Waals surface area (Å²) in [5, 5.41) is 5.78. The van der Waals surface area contributed by atoms with E-state index in [1.807, 2.05) is 44.2 Å². The van der Waals surface area contributed by atoms with Gasteiger partial charge in [0.25, 0.3) is 5.91 Å². The topological polar surface area (TPSA) is 58.2 Å². The van der Waals surface area contributed by atoms with Crippen LogP contribution in [0.15, 0.2) is 53.0 Å². The highest BCUT2D eigenvalue weighted by atomic mass is 79.9. The van der Waals surface area contributed by atoms with Crippen molar-refractivity contribution in [3.63, 3.8) is 0 Å². The fourth-order valence-corrected chi connectivity index (χ4v) is 3.27. The minimum Gasteiger partial charge on any atom is -0.350 e. The number of nitrogens with one attached hydrogen (secondary N) is 2. The molecule has 0 saturated heterocycles. The highest BCUT2D eigenvalue weighted by Gasteiger charge is 2.14. The molecular weight excluding hydrogens is 412 g/mol. The Kier molecular flexibility index (Phi) is 8.19. The first-order valence-corrected chi connectivity index (χ1v) is 10.5. The van der Waals surface area contributed by atoms with E-state index in [2.05, 4.69) is 26.6 Å². The van der Waals surface area contributed by atoms with Crippen LogP contribution in [0.4, 0.5) is 5.69 Å². The molecule has 0 unspecified atom stereocenters. The maximum Gasteiger partial charge on any atom is 0.253 e. The molecule has 0 aliphatic rings. The molecule has 2 rings (SSSR count). The molecule has 0 radical (unpaired) electrons. The normalized spacial score (nSPS) is 11.7. The van der Waals surface area contributed by atoms with Gasteiger partial charge in [-0.15, -0.1) is 11.8 Å². The highest BCUT2D eigenvalue weighted by Crippen LogP contribution is 2.18. The Bertz CT molecular complexity index is 750. The van der Waals surface area contributed by atoms with E-state index in [4.69, 9.17) is 0 Å². The van der Waals surface area contributed by atoms with Crippen LogP contribution in [-0.2, 0) is 10.5 Å². The number of thioether (sulfide) groups is 1. The Morgan fingerprint density at radius 1 is 1.12 bits per heavy atom. The zero-order valence-corrected chi connectivity index (χ0v) is 17.3. The standard InChI is InChI=1S/C20H23BrN2O2S/c1-3-14(2)22-20(25)17-6-4-5-7-18(17)23-19(24)13-26-12-15-8-10-16(21)11-9-15/h4-11,14H,3,12-13H2,1-2H3,(H,22,25)(H,23,24)/t14-/m1/s1. The number of para-hydroxylation sites is 1. The van der Waals surface area contributed by atoms with E-state index >= 15 is 0 Å². The quantitative estimate of drug-likeness (QED) is 0.623. The number of rotatable bonds is 8. The highest BCUT2D eigenvalue weighted by molar-refractivity contribution is 9.10. The summed E-state index contributed by atoms with van der Waals surface area (Å²) in [7, 11) is 0. The molecule has 0 aromatic heterocycles. The third-order valence-corrected chi connectivity index (χ3v) is 5.38. The molecule has 0 heterocycles. The minimum absolute atomic E-state index is 0.0905. The van der Waals surface area contributed by atoms with Crippen LogP contribution in [0.5, 0.6) is 0 Å². The van der Waals surface area contributed by atoms with Crippen LogP contribution in [0.25, 0.3) is 0 Å². The third kappa shape index (κ3) is 6.50. The molecule has 2 N–H and O–H groups in total. The summed E-state index contributed by atoms with van der Waals surface area (Å²) in [6, 6.07) is 15.2. The molecule has 4 nitrogen and oxygen atoms in total. The van der Waals surface area contributed by atoms with Gasteiger partial charge in [-0.25, -0.2) is 0 Å². The summed E-state index contributed by atoms with van der Waals surface area (Å²) in [4.78, 5) is 24.6. The van der Waals surface area contributed by atoms with Crippen molar-refractivity contribution in [2.45, 2.75) is 32.1 Å². The van der Waals surface area contributed by atoms with E-state index in [-0.39, 0.29) is 17.9 Å². The average molecular weight is 435 g/mol. The second-order valence-corrected chi connectivity index (χ2v) is 7.90. The molecule has 0 aliphatic heterocycles. The van der Waals surface area contributed by atoms with Crippen molar-refractivity contribution in [3.05, 3.63) is 64.1 Å². The molecule has 2 aromatic rings. The third-order valence-electron chi connectivity index (χ3n) is 3.85. The van der Waals surface area contributed by atoms with E-state index in [1.54, 1.807) is 30.0 Å². The van der Waals surface area contributed by atoms with E-state index in [0.29, 0.717) is 17.0 Å². The Morgan fingerprint density at radius 2 is 1.81 bits per heavy atom. The van der Waals surface area contributed by atoms with E-state index < -0.39 is 0 Å². The molecule has 0 aliphatic carbocycles. The van der Waals surface area contributed by atoms with Crippen molar-refractivity contribution in [1.29, 1.82) is 0 Å². The van der Waals surface area contributed by atoms with Crippen LogP contribution in [0.3, 0.4) is 0 Å². The molecular formula is C20H23BrN2O2S. The minimum atomic E-state index is -0.169. The fourth-order valence-electron chi connectivity index (χ4n) is 2.22. The molecule has 2 amide bonds. The lowest BCUT2D eigenvalue weighted by Gasteiger charge is -2.14. The number of carbonyl (C=O) groups is 2. The molecule has 6 heteroatoms. The molecule has 1 atom stereocenters. The maximum atomic E-state index is 12.4. The molecule has 0 fully saturated rings. The van der Waals surface area contributed by atoms with Crippen molar-refractivity contribution < 1.29 is 9.59 Å². The smallest absolute Gasteiger partial charge is 0.253 e. The lowest BCUT2D eigenvalue weighted by molar-refractivity contribution is -0.113. The number of hydrogen-bond donors (Lipinski definition) is 2. The van der Waals surface area contributed by atoms with Gasteiger partial charge in [0.1, 0.15) is 0 Å². The number of halogens is 1. The lowest BCUT2D eigenvalue weighted by atomic mass is 10.1. The van der Waals surface area contributed by atoms with Gasteiger partial charge in [-0.2, -0.15) is 0 Å². The van der Waals surface area contributed by atoms with Gasteiger partial charge in [-0.3, -0.25) is 9.59 Å². The van der Waals surface area contributed by atoms with Gasteiger partial charge in [0, 0.05) is 16.3 Å².